The van der Waals surface area contributed by atoms with Crippen LogP contribution in [0.5, 0.6) is 0 Å². The van der Waals surface area contributed by atoms with Gasteiger partial charge in [0.1, 0.15) is 11.5 Å². The summed E-state index contributed by atoms with van der Waals surface area (Å²) in [6.45, 7) is 2.53. The van der Waals surface area contributed by atoms with Crippen molar-refractivity contribution in [2.24, 2.45) is 0 Å². The van der Waals surface area contributed by atoms with E-state index in [1.807, 2.05) is 0 Å². The van der Waals surface area contributed by atoms with E-state index in [0.29, 0.717) is 12.6 Å². The van der Waals surface area contributed by atoms with Crippen molar-refractivity contribution >= 4 is 0 Å². The number of likely N-dealkylation sites (tertiary alicyclic amines) is 1. The SMILES string of the molecule is O=c1cccnn1CC1CCCN1Cc1noc2c1CCCC2. The van der Waals surface area contributed by atoms with Crippen molar-refractivity contribution in [3.8, 4) is 0 Å². The maximum Gasteiger partial charge on any atom is 0.266 e. The van der Waals surface area contributed by atoms with E-state index in [0.717, 1.165) is 50.2 Å². The summed E-state index contributed by atoms with van der Waals surface area (Å²) in [4.78, 5) is 14.3. The number of aromatic nitrogens is 3. The number of aryl methyl sites for hydroxylation is 1. The molecule has 0 radical (unpaired) electrons. The topological polar surface area (TPSA) is 64.2 Å². The van der Waals surface area contributed by atoms with Gasteiger partial charge in [-0.2, -0.15) is 5.10 Å². The van der Waals surface area contributed by atoms with Crippen LogP contribution in [-0.4, -0.2) is 32.4 Å². The molecule has 1 atom stereocenters. The Morgan fingerprint density at radius 3 is 3.09 bits per heavy atom. The van der Waals surface area contributed by atoms with E-state index in [9.17, 15) is 4.79 Å². The van der Waals surface area contributed by atoms with Gasteiger partial charge >= 0.3 is 0 Å². The molecule has 3 heterocycles. The van der Waals surface area contributed by atoms with Gasteiger partial charge in [0.15, 0.2) is 0 Å². The molecule has 0 bridgehead atoms. The first-order chi connectivity index (χ1) is 11.3. The van der Waals surface area contributed by atoms with E-state index >= 15 is 0 Å². The molecule has 6 nitrogen and oxygen atoms in total. The molecule has 2 aromatic heterocycles. The summed E-state index contributed by atoms with van der Waals surface area (Å²) in [5.41, 5.74) is 2.40. The van der Waals surface area contributed by atoms with Crippen LogP contribution in [0.15, 0.2) is 27.6 Å². The smallest absolute Gasteiger partial charge is 0.266 e. The molecule has 6 heteroatoms. The van der Waals surface area contributed by atoms with Crippen molar-refractivity contribution in [1.29, 1.82) is 0 Å². The highest BCUT2D eigenvalue weighted by Gasteiger charge is 2.28. The molecule has 4 rings (SSSR count). The van der Waals surface area contributed by atoms with Gasteiger partial charge in [0.25, 0.3) is 5.56 Å². The second-order valence-electron chi connectivity index (χ2n) is 6.55. The highest BCUT2D eigenvalue weighted by molar-refractivity contribution is 5.25. The Morgan fingerprint density at radius 2 is 2.17 bits per heavy atom. The van der Waals surface area contributed by atoms with E-state index < -0.39 is 0 Å². The minimum absolute atomic E-state index is 0.0295. The molecule has 1 aliphatic heterocycles. The van der Waals surface area contributed by atoms with E-state index in [1.165, 1.54) is 18.4 Å². The highest BCUT2D eigenvalue weighted by atomic mass is 16.5. The fraction of sp³-hybridized carbons (Fsp3) is 0.588. The summed E-state index contributed by atoms with van der Waals surface area (Å²) in [5.74, 6) is 1.09. The maximum atomic E-state index is 11.9. The number of rotatable bonds is 4. The lowest BCUT2D eigenvalue weighted by Gasteiger charge is -2.24. The third-order valence-corrected chi connectivity index (χ3v) is 5.05. The monoisotopic (exact) mass is 314 g/mol. The predicted octanol–water partition coefficient (Wildman–Crippen LogP) is 1.77. The van der Waals surface area contributed by atoms with Gasteiger partial charge in [0.2, 0.25) is 0 Å². The van der Waals surface area contributed by atoms with Crippen LogP contribution in [0.1, 0.15) is 42.7 Å². The van der Waals surface area contributed by atoms with Crippen LogP contribution in [0.3, 0.4) is 0 Å². The molecule has 0 spiro atoms. The van der Waals surface area contributed by atoms with E-state index in [1.54, 1.807) is 23.0 Å². The molecular weight excluding hydrogens is 292 g/mol. The Balaban J connectivity index is 1.49. The van der Waals surface area contributed by atoms with Crippen molar-refractivity contribution < 1.29 is 4.52 Å². The average Bonchev–Trinajstić information content (AvgIpc) is 3.18. The molecule has 2 aromatic rings. The fourth-order valence-corrected chi connectivity index (χ4v) is 3.80. The maximum absolute atomic E-state index is 11.9. The molecular formula is C17H22N4O2. The lowest BCUT2D eigenvalue weighted by molar-refractivity contribution is 0.210. The number of hydrogen-bond donors (Lipinski definition) is 0. The Kier molecular flexibility index (Phi) is 3.99. The van der Waals surface area contributed by atoms with Crippen LogP contribution >= 0.6 is 0 Å². The van der Waals surface area contributed by atoms with Gasteiger partial charge in [-0.1, -0.05) is 5.16 Å². The minimum atomic E-state index is -0.0295. The molecule has 1 fully saturated rings. The van der Waals surface area contributed by atoms with Gasteiger partial charge in [-0.05, 0) is 44.7 Å². The molecule has 0 saturated carbocycles. The van der Waals surface area contributed by atoms with Crippen LogP contribution in [-0.2, 0) is 25.9 Å². The van der Waals surface area contributed by atoms with Crippen molar-refractivity contribution in [2.45, 2.75) is 57.7 Å². The molecule has 1 saturated heterocycles. The van der Waals surface area contributed by atoms with E-state index in [4.69, 9.17) is 4.52 Å². The van der Waals surface area contributed by atoms with Gasteiger partial charge in [-0.25, -0.2) is 4.68 Å². The Morgan fingerprint density at radius 1 is 1.26 bits per heavy atom. The third kappa shape index (κ3) is 2.95. The van der Waals surface area contributed by atoms with Crippen molar-refractivity contribution in [1.82, 2.24) is 19.8 Å². The zero-order valence-corrected chi connectivity index (χ0v) is 13.3. The summed E-state index contributed by atoms with van der Waals surface area (Å²) >= 11 is 0. The van der Waals surface area contributed by atoms with Gasteiger partial charge in [0, 0.05) is 36.8 Å². The molecule has 1 aliphatic carbocycles. The van der Waals surface area contributed by atoms with Crippen LogP contribution in [0, 0.1) is 0 Å². The van der Waals surface area contributed by atoms with Crippen LogP contribution in [0.4, 0.5) is 0 Å². The minimum Gasteiger partial charge on any atom is -0.361 e. The lowest BCUT2D eigenvalue weighted by atomic mass is 9.96. The normalized spacial score (nSPS) is 21.5. The molecule has 23 heavy (non-hydrogen) atoms. The van der Waals surface area contributed by atoms with Crippen molar-refractivity contribution in [2.75, 3.05) is 6.54 Å². The second-order valence-corrected chi connectivity index (χ2v) is 6.55. The number of fused-ring (bicyclic) bond motifs is 1. The molecule has 2 aliphatic rings. The first-order valence-corrected chi connectivity index (χ1v) is 8.54. The van der Waals surface area contributed by atoms with E-state index in [2.05, 4.69) is 15.2 Å². The van der Waals surface area contributed by atoms with Crippen LogP contribution < -0.4 is 5.56 Å². The van der Waals surface area contributed by atoms with Gasteiger partial charge < -0.3 is 4.52 Å². The largest absolute Gasteiger partial charge is 0.361 e. The van der Waals surface area contributed by atoms with Gasteiger partial charge in [0.05, 0.1) is 6.54 Å². The quantitative estimate of drug-likeness (QED) is 0.860. The summed E-state index contributed by atoms with van der Waals surface area (Å²) in [7, 11) is 0. The summed E-state index contributed by atoms with van der Waals surface area (Å²) in [6.07, 6.45) is 8.48. The molecule has 0 N–H and O–H groups in total. The van der Waals surface area contributed by atoms with Gasteiger partial charge in [-0.3, -0.25) is 9.69 Å². The summed E-state index contributed by atoms with van der Waals surface area (Å²) in [6, 6.07) is 3.60. The zero-order chi connectivity index (χ0) is 15.6. The van der Waals surface area contributed by atoms with E-state index in [-0.39, 0.29) is 5.56 Å². The van der Waals surface area contributed by atoms with Crippen LogP contribution in [0.2, 0.25) is 0 Å². The van der Waals surface area contributed by atoms with Crippen molar-refractivity contribution in [3.63, 3.8) is 0 Å². The highest BCUT2D eigenvalue weighted by Crippen LogP contribution is 2.27. The molecule has 1 unspecified atom stereocenters. The Hall–Kier alpha value is -1.95. The Bertz CT molecular complexity index is 736. The fourth-order valence-electron chi connectivity index (χ4n) is 3.80. The average molecular weight is 314 g/mol. The third-order valence-electron chi connectivity index (χ3n) is 5.05. The van der Waals surface area contributed by atoms with Gasteiger partial charge in [-0.15, -0.1) is 0 Å². The lowest BCUT2D eigenvalue weighted by Crippen LogP contribution is -2.36. The summed E-state index contributed by atoms with van der Waals surface area (Å²) in [5, 5.41) is 8.51. The number of hydrogen-bond acceptors (Lipinski definition) is 5. The zero-order valence-electron chi connectivity index (χ0n) is 13.3. The molecule has 0 amide bonds. The number of nitrogens with zero attached hydrogens (tertiary/aromatic N) is 4. The molecule has 122 valence electrons. The Labute approximate surface area is 135 Å². The predicted molar refractivity (Wildman–Crippen MR) is 85.1 cm³/mol. The summed E-state index contributed by atoms with van der Waals surface area (Å²) < 4.78 is 7.10. The second kappa shape index (κ2) is 6.28. The van der Waals surface area contributed by atoms with Crippen LogP contribution in [0.25, 0.3) is 0 Å². The van der Waals surface area contributed by atoms with Crippen molar-refractivity contribution in [3.05, 3.63) is 45.7 Å². The molecule has 0 aromatic carbocycles. The first kappa shape index (κ1) is 14.6. The standard InChI is InChI=1S/C17H22N4O2/c22-17-8-3-9-18-21(17)11-13-5-4-10-20(13)12-15-14-6-1-2-7-16(14)23-19-15/h3,8-9,13H,1-2,4-7,10-12H2. The first-order valence-electron chi connectivity index (χ1n) is 8.54.